The Morgan fingerprint density at radius 2 is 1.78 bits per heavy atom. The first-order valence-electron chi connectivity index (χ1n) is 9.61. The van der Waals surface area contributed by atoms with Gasteiger partial charge in [0.2, 0.25) is 0 Å². The summed E-state index contributed by atoms with van der Waals surface area (Å²) in [5, 5.41) is 8.70. The van der Waals surface area contributed by atoms with Gasteiger partial charge in [0.15, 0.2) is 5.76 Å². The summed E-state index contributed by atoms with van der Waals surface area (Å²) in [5.74, 6) is 2.21. The van der Waals surface area contributed by atoms with E-state index in [9.17, 15) is 9.59 Å². The van der Waals surface area contributed by atoms with Gasteiger partial charge in [0.05, 0.1) is 6.26 Å². The second kappa shape index (κ2) is 7.47. The summed E-state index contributed by atoms with van der Waals surface area (Å²) in [5.41, 5.74) is 1.32. The number of hydrogen-bond acceptors (Lipinski definition) is 3. The first-order valence-corrected chi connectivity index (χ1v) is 9.61. The fourth-order valence-corrected chi connectivity index (χ4v) is 4.62. The van der Waals surface area contributed by atoms with Gasteiger partial charge >= 0.3 is 6.03 Å². The molecular weight excluding hydrogens is 342 g/mol. The molecule has 1 heterocycles. The van der Waals surface area contributed by atoms with Crippen molar-refractivity contribution < 1.29 is 14.0 Å². The standard InChI is InChI=1S/C21H25N3O3/c1-13(18-12-14-4-5-15(18)11-14)22-21(26)24-17-8-6-16(7-9-17)23-20(25)19-3-2-10-27-19/h2-3,6-10,13-15,18H,4-5,11-12H2,1H3,(H,23,25)(H2,22,24,26)/t13-,14-,15-,18+/m0/s1. The molecule has 4 rings (SSSR count). The molecule has 2 saturated carbocycles. The molecule has 2 aliphatic carbocycles. The zero-order chi connectivity index (χ0) is 18.8. The van der Waals surface area contributed by atoms with Gasteiger partial charge in [-0.05, 0) is 80.3 Å². The van der Waals surface area contributed by atoms with Crippen LogP contribution in [0.2, 0.25) is 0 Å². The van der Waals surface area contributed by atoms with Gasteiger partial charge in [-0.3, -0.25) is 4.79 Å². The monoisotopic (exact) mass is 367 g/mol. The molecule has 27 heavy (non-hydrogen) atoms. The molecule has 1 aromatic carbocycles. The van der Waals surface area contributed by atoms with Gasteiger partial charge in [0.25, 0.3) is 5.91 Å². The van der Waals surface area contributed by atoms with Crippen molar-refractivity contribution in [1.82, 2.24) is 5.32 Å². The number of carbonyl (C=O) groups is 2. The molecule has 0 saturated heterocycles. The van der Waals surface area contributed by atoms with Crippen LogP contribution in [0.15, 0.2) is 47.1 Å². The van der Waals surface area contributed by atoms with Crippen molar-refractivity contribution in [3.8, 4) is 0 Å². The van der Waals surface area contributed by atoms with Crippen LogP contribution in [0.3, 0.4) is 0 Å². The Morgan fingerprint density at radius 1 is 1.04 bits per heavy atom. The van der Waals surface area contributed by atoms with Crippen molar-refractivity contribution in [3.05, 3.63) is 48.4 Å². The highest BCUT2D eigenvalue weighted by Crippen LogP contribution is 2.49. The lowest BCUT2D eigenvalue weighted by Gasteiger charge is -2.28. The van der Waals surface area contributed by atoms with Crippen molar-refractivity contribution in [3.63, 3.8) is 0 Å². The van der Waals surface area contributed by atoms with Gasteiger partial charge in [-0.15, -0.1) is 0 Å². The van der Waals surface area contributed by atoms with E-state index in [1.807, 2.05) is 0 Å². The van der Waals surface area contributed by atoms with Crippen LogP contribution in [0.4, 0.5) is 16.2 Å². The molecule has 142 valence electrons. The van der Waals surface area contributed by atoms with E-state index in [2.05, 4.69) is 22.9 Å². The quantitative estimate of drug-likeness (QED) is 0.729. The lowest BCUT2D eigenvalue weighted by atomic mass is 9.84. The van der Waals surface area contributed by atoms with E-state index in [-0.39, 0.29) is 23.7 Å². The van der Waals surface area contributed by atoms with E-state index in [1.54, 1.807) is 36.4 Å². The Kier molecular flexibility index (Phi) is 4.88. The van der Waals surface area contributed by atoms with Crippen LogP contribution in [-0.2, 0) is 0 Å². The van der Waals surface area contributed by atoms with Crippen LogP contribution in [-0.4, -0.2) is 18.0 Å². The molecule has 6 nitrogen and oxygen atoms in total. The number of carbonyl (C=O) groups excluding carboxylic acids is 2. The number of hydrogen-bond donors (Lipinski definition) is 3. The fraction of sp³-hybridized carbons (Fsp3) is 0.429. The van der Waals surface area contributed by atoms with E-state index >= 15 is 0 Å². The molecule has 0 radical (unpaired) electrons. The molecule has 2 fully saturated rings. The predicted molar refractivity (Wildman–Crippen MR) is 104 cm³/mol. The summed E-state index contributed by atoms with van der Waals surface area (Å²) >= 11 is 0. The molecule has 2 aliphatic rings. The molecule has 1 aromatic heterocycles. The number of anilines is 2. The normalized spacial score (nSPS) is 24.4. The minimum Gasteiger partial charge on any atom is -0.459 e. The summed E-state index contributed by atoms with van der Waals surface area (Å²) in [7, 11) is 0. The van der Waals surface area contributed by atoms with E-state index in [4.69, 9.17) is 4.42 Å². The molecule has 0 spiro atoms. The van der Waals surface area contributed by atoms with Gasteiger partial charge in [-0.2, -0.15) is 0 Å². The summed E-state index contributed by atoms with van der Waals surface area (Å²) in [6.45, 7) is 2.11. The highest BCUT2D eigenvalue weighted by Gasteiger charge is 2.42. The third-order valence-corrected chi connectivity index (χ3v) is 5.94. The number of benzene rings is 1. The molecule has 0 aliphatic heterocycles. The highest BCUT2D eigenvalue weighted by molar-refractivity contribution is 6.02. The second-order valence-electron chi connectivity index (χ2n) is 7.73. The summed E-state index contributed by atoms with van der Waals surface area (Å²) < 4.78 is 5.06. The first-order chi connectivity index (χ1) is 13.1. The Hall–Kier alpha value is -2.76. The van der Waals surface area contributed by atoms with E-state index in [0.29, 0.717) is 17.3 Å². The fourth-order valence-electron chi connectivity index (χ4n) is 4.62. The molecule has 0 unspecified atom stereocenters. The van der Waals surface area contributed by atoms with Gasteiger partial charge < -0.3 is 20.4 Å². The Balaban J connectivity index is 1.27. The molecular formula is C21H25N3O3. The first kappa shape index (κ1) is 17.6. The van der Waals surface area contributed by atoms with Crippen LogP contribution in [0.1, 0.15) is 43.2 Å². The van der Waals surface area contributed by atoms with Crippen molar-refractivity contribution >= 4 is 23.3 Å². The van der Waals surface area contributed by atoms with Crippen LogP contribution in [0, 0.1) is 17.8 Å². The molecule has 3 amide bonds. The van der Waals surface area contributed by atoms with Crippen molar-refractivity contribution in [2.75, 3.05) is 10.6 Å². The molecule has 2 bridgehead atoms. The van der Waals surface area contributed by atoms with Gasteiger partial charge in [-0.25, -0.2) is 4.79 Å². The summed E-state index contributed by atoms with van der Waals surface area (Å²) in [6, 6.07) is 10.3. The zero-order valence-electron chi connectivity index (χ0n) is 15.4. The minimum absolute atomic E-state index is 0.183. The van der Waals surface area contributed by atoms with Crippen LogP contribution in [0.5, 0.6) is 0 Å². The SMILES string of the molecule is C[C@H](NC(=O)Nc1ccc(NC(=O)c2ccco2)cc1)[C@H]1C[C@H]2CC[C@H]1C2. The average molecular weight is 367 g/mol. The minimum atomic E-state index is -0.307. The maximum absolute atomic E-state index is 12.3. The number of nitrogens with one attached hydrogen (secondary N) is 3. The molecule has 2 aromatic rings. The lowest BCUT2D eigenvalue weighted by Crippen LogP contribution is -2.42. The predicted octanol–water partition coefficient (Wildman–Crippen LogP) is 4.48. The van der Waals surface area contributed by atoms with E-state index in [0.717, 1.165) is 11.8 Å². The van der Waals surface area contributed by atoms with Crippen LogP contribution >= 0.6 is 0 Å². The number of urea groups is 1. The molecule has 4 atom stereocenters. The number of rotatable bonds is 5. The number of amides is 3. The Bertz CT molecular complexity index is 801. The lowest BCUT2D eigenvalue weighted by molar-refractivity contribution is 0.0996. The van der Waals surface area contributed by atoms with Crippen LogP contribution in [0.25, 0.3) is 0 Å². The smallest absolute Gasteiger partial charge is 0.319 e. The maximum atomic E-state index is 12.3. The summed E-state index contributed by atoms with van der Waals surface area (Å²) in [4.78, 5) is 24.3. The van der Waals surface area contributed by atoms with Crippen LogP contribution < -0.4 is 16.0 Å². The van der Waals surface area contributed by atoms with E-state index < -0.39 is 0 Å². The third-order valence-electron chi connectivity index (χ3n) is 5.94. The van der Waals surface area contributed by atoms with E-state index in [1.165, 1.54) is 31.9 Å². The third kappa shape index (κ3) is 3.99. The van der Waals surface area contributed by atoms with Gasteiger partial charge in [-0.1, -0.05) is 6.42 Å². The number of fused-ring (bicyclic) bond motifs is 2. The zero-order valence-corrected chi connectivity index (χ0v) is 15.4. The topological polar surface area (TPSA) is 83.4 Å². The molecule has 3 N–H and O–H groups in total. The Labute approximate surface area is 158 Å². The Morgan fingerprint density at radius 3 is 2.37 bits per heavy atom. The number of furan rings is 1. The van der Waals surface area contributed by atoms with Gasteiger partial charge in [0, 0.05) is 17.4 Å². The summed E-state index contributed by atoms with van der Waals surface area (Å²) in [6.07, 6.45) is 6.72. The molecule has 6 heteroatoms. The largest absolute Gasteiger partial charge is 0.459 e. The average Bonchev–Trinajstić information content (AvgIpc) is 3.41. The van der Waals surface area contributed by atoms with Gasteiger partial charge in [0.1, 0.15) is 0 Å². The highest BCUT2D eigenvalue weighted by atomic mass is 16.3. The van der Waals surface area contributed by atoms with Crippen molar-refractivity contribution in [2.24, 2.45) is 17.8 Å². The van der Waals surface area contributed by atoms with Crippen molar-refractivity contribution in [2.45, 2.75) is 38.6 Å². The second-order valence-corrected chi connectivity index (χ2v) is 7.73. The van der Waals surface area contributed by atoms with Crippen molar-refractivity contribution in [1.29, 1.82) is 0 Å². The maximum Gasteiger partial charge on any atom is 0.319 e.